The molecule has 0 bridgehead atoms. The standard InChI is InChI=1S/C23H25FN4O/c24-21-8-5-18(6-9-21)7-10-22(29)27-13-2-4-20(17-27)23-26-12-14-28(23)16-19-3-1-11-25-15-19/h1,3,5-6,8-9,11-12,14-15,20H,2,4,7,10,13,16-17H2/t20-/m0/s1. The van der Waals surface area contributed by atoms with Crippen LogP contribution in [0, 0.1) is 5.82 Å². The van der Waals surface area contributed by atoms with E-state index in [9.17, 15) is 9.18 Å². The van der Waals surface area contributed by atoms with Gasteiger partial charge in [0.1, 0.15) is 11.6 Å². The minimum Gasteiger partial charge on any atom is -0.342 e. The normalized spacial score (nSPS) is 16.7. The first-order chi connectivity index (χ1) is 14.2. The molecule has 0 unspecified atom stereocenters. The lowest BCUT2D eigenvalue weighted by molar-refractivity contribution is -0.132. The SMILES string of the molecule is O=C(CCc1ccc(F)cc1)N1CCC[C@H](c2nccn2Cc2cccnc2)C1. The Morgan fingerprint density at radius 2 is 2.00 bits per heavy atom. The van der Waals surface area contributed by atoms with Gasteiger partial charge >= 0.3 is 0 Å². The molecular formula is C23H25FN4O. The van der Waals surface area contributed by atoms with Crippen molar-refractivity contribution < 1.29 is 9.18 Å². The maximum atomic E-state index is 13.0. The number of piperidine rings is 1. The molecule has 3 aromatic rings. The summed E-state index contributed by atoms with van der Waals surface area (Å²) in [7, 11) is 0. The molecule has 1 amide bonds. The van der Waals surface area contributed by atoms with Crippen LogP contribution >= 0.6 is 0 Å². The Bertz CT molecular complexity index is 939. The number of amides is 1. The number of halogens is 1. The molecule has 1 aromatic carbocycles. The number of carbonyl (C=O) groups excluding carboxylic acids is 1. The topological polar surface area (TPSA) is 51.0 Å². The van der Waals surface area contributed by atoms with Gasteiger partial charge in [-0.3, -0.25) is 9.78 Å². The fourth-order valence-electron chi connectivity index (χ4n) is 3.98. The summed E-state index contributed by atoms with van der Waals surface area (Å²) in [4.78, 5) is 23.5. The Labute approximate surface area is 170 Å². The minimum absolute atomic E-state index is 0.157. The quantitative estimate of drug-likeness (QED) is 0.641. The molecule has 2 aromatic heterocycles. The van der Waals surface area contributed by atoms with E-state index in [-0.39, 0.29) is 17.6 Å². The highest BCUT2D eigenvalue weighted by molar-refractivity contribution is 5.76. The number of nitrogens with zero attached hydrogens (tertiary/aromatic N) is 4. The zero-order valence-corrected chi connectivity index (χ0v) is 16.4. The number of carbonyl (C=O) groups is 1. The average molecular weight is 392 g/mol. The first-order valence-corrected chi connectivity index (χ1v) is 10.1. The summed E-state index contributed by atoms with van der Waals surface area (Å²) in [6.07, 6.45) is 10.6. The first-order valence-electron chi connectivity index (χ1n) is 10.1. The number of aromatic nitrogens is 3. The van der Waals surface area contributed by atoms with Crippen LogP contribution in [-0.2, 0) is 17.8 Å². The van der Waals surface area contributed by atoms with Crippen molar-refractivity contribution in [2.75, 3.05) is 13.1 Å². The molecule has 5 nitrogen and oxygen atoms in total. The van der Waals surface area contributed by atoms with Gasteiger partial charge in [0.25, 0.3) is 0 Å². The maximum Gasteiger partial charge on any atom is 0.222 e. The van der Waals surface area contributed by atoms with E-state index >= 15 is 0 Å². The van der Waals surface area contributed by atoms with Gasteiger partial charge in [-0.25, -0.2) is 9.37 Å². The van der Waals surface area contributed by atoms with E-state index in [0.29, 0.717) is 19.4 Å². The molecule has 3 heterocycles. The first kappa shape index (κ1) is 19.3. The van der Waals surface area contributed by atoms with Crippen molar-refractivity contribution in [3.63, 3.8) is 0 Å². The van der Waals surface area contributed by atoms with Crippen molar-refractivity contribution in [2.24, 2.45) is 0 Å². The minimum atomic E-state index is -0.249. The fourth-order valence-corrected chi connectivity index (χ4v) is 3.98. The number of benzene rings is 1. The van der Waals surface area contributed by atoms with Crippen LogP contribution < -0.4 is 0 Å². The van der Waals surface area contributed by atoms with E-state index in [1.807, 2.05) is 29.6 Å². The Hall–Kier alpha value is -3.02. The summed E-state index contributed by atoms with van der Waals surface area (Å²) in [6.45, 7) is 2.23. The van der Waals surface area contributed by atoms with E-state index in [1.54, 1.807) is 18.3 Å². The zero-order valence-electron chi connectivity index (χ0n) is 16.4. The molecule has 1 atom stereocenters. The van der Waals surface area contributed by atoms with Crippen LogP contribution in [0.1, 0.15) is 42.1 Å². The predicted molar refractivity (Wildman–Crippen MR) is 109 cm³/mol. The van der Waals surface area contributed by atoms with E-state index in [2.05, 4.69) is 20.6 Å². The van der Waals surface area contributed by atoms with Crippen molar-refractivity contribution >= 4 is 5.91 Å². The van der Waals surface area contributed by atoms with Crippen LogP contribution in [0.2, 0.25) is 0 Å². The highest BCUT2D eigenvalue weighted by atomic mass is 19.1. The van der Waals surface area contributed by atoms with Gasteiger partial charge in [-0.2, -0.15) is 0 Å². The second-order valence-corrected chi connectivity index (χ2v) is 7.58. The summed E-state index contributed by atoms with van der Waals surface area (Å²) < 4.78 is 15.2. The summed E-state index contributed by atoms with van der Waals surface area (Å²) in [5, 5.41) is 0. The Balaban J connectivity index is 1.38. The molecule has 1 fully saturated rings. The highest BCUT2D eigenvalue weighted by Gasteiger charge is 2.27. The molecule has 0 aliphatic carbocycles. The zero-order chi connectivity index (χ0) is 20.1. The summed E-state index contributed by atoms with van der Waals surface area (Å²) in [5.41, 5.74) is 2.12. The monoisotopic (exact) mass is 392 g/mol. The van der Waals surface area contributed by atoms with Crippen molar-refractivity contribution in [3.8, 4) is 0 Å². The lowest BCUT2D eigenvalue weighted by Gasteiger charge is -2.33. The van der Waals surface area contributed by atoms with Crippen molar-refractivity contribution in [2.45, 2.75) is 38.1 Å². The van der Waals surface area contributed by atoms with E-state index in [1.165, 1.54) is 12.1 Å². The van der Waals surface area contributed by atoms with Crippen LogP contribution in [0.3, 0.4) is 0 Å². The number of hydrogen-bond acceptors (Lipinski definition) is 3. The van der Waals surface area contributed by atoms with E-state index < -0.39 is 0 Å². The molecule has 4 rings (SSSR count). The molecule has 0 saturated carbocycles. The molecule has 0 radical (unpaired) electrons. The molecule has 0 spiro atoms. The van der Waals surface area contributed by atoms with Crippen LogP contribution in [0.15, 0.2) is 61.2 Å². The van der Waals surface area contributed by atoms with Gasteiger partial charge in [-0.15, -0.1) is 0 Å². The van der Waals surface area contributed by atoms with Crippen molar-refractivity contribution in [3.05, 3.63) is 84.0 Å². The van der Waals surface area contributed by atoms with E-state index in [4.69, 9.17) is 0 Å². The van der Waals surface area contributed by atoms with Crippen LogP contribution in [0.25, 0.3) is 0 Å². The summed E-state index contributed by atoms with van der Waals surface area (Å²) >= 11 is 0. The molecule has 1 aliphatic heterocycles. The number of imidazole rings is 1. The molecule has 6 heteroatoms. The van der Waals surface area contributed by atoms with Gasteiger partial charge in [-0.05, 0) is 48.6 Å². The smallest absolute Gasteiger partial charge is 0.222 e. The predicted octanol–water partition coefficient (Wildman–Crippen LogP) is 3.80. The summed E-state index contributed by atoms with van der Waals surface area (Å²) in [5.74, 6) is 1.18. The van der Waals surface area contributed by atoms with Crippen LogP contribution in [0.5, 0.6) is 0 Å². The molecule has 0 N–H and O–H groups in total. The average Bonchev–Trinajstić information content (AvgIpc) is 3.22. The number of rotatable bonds is 6. The van der Waals surface area contributed by atoms with Gasteiger partial charge in [-0.1, -0.05) is 18.2 Å². The fraction of sp³-hybridized carbons (Fsp3) is 0.348. The number of likely N-dealkylation sites (tertiary alicyclic amines) is 1. The number of hydrogen-bond donors (Lipinski definition) is 0. The van der Waals surface area contributed by atoms with Gasteiger partial charge in [0, 0.05) is 50.2 Å². The molecular weight excluding hydrogens is 367 g/mol. The third-order valence-corrected chi connectivity index (χ3v) is 5.50. The Morgan fingerprint density at radius 3 is 2.79 bits per heavy atom. The largest absolute Gasteiger partial charge is 0.342 e. The maximum absolute atomic E-state index is 13.0. The van der Waals surface area contributed by atoms with Crippen LogP contribution in [-0.4, -0.2) is 38.4 Å². The van der Waals surface area contributed by atoms with Crippen molar-refractivity contribution in [1.29, 1.82) is 0 Å². The second-order valence-electron chi connectivity index (χ2n) is 7.58. The number of pyridine rings is 1. The van der Waals surface area contributed by atoms with Gasteiger partial charge in [0.15, 0.2) is 0 Å². The molecule has 1 saturated heterocycles. The molecule has 150 valence electrons. The second kappa shape index (κ2) is 8.99. The van der Waals surface area contributed by atoms with Crippen molar-refractivity contribution in [1.82, 2.24) is 19.4 Å². The van der Waals surface area contributed by atoms with Gasteiger partial charge < -0.3 is 9.47 Å². The van der Waals surface area contributed by atoms with Gasteiger partial charge in [0.2, 0.25) is 5.91 Å². The third kappa shape index (κ3) is 4.88. The van der Waals surface area contributed by atoms with Gasteiger partial charge in [0.05, 0.1) is 6.54 Å². The number of aryl methyl sites for hydroxylation is 1. The lowest BCUT2D eigenvalue weighted by atomic mass is 9.96. The Morgan fingerprint density at radius 1 is 1.14 bits per heavy atom. The lowest BCUT2D eigenvalue weighted by Crippen LogP contribution is -2.39. The highest BCUT2D eigenvalue weighted by Crippen LogP contribution is 2.27. The van der Waals surface area contributed by atoms with Crippen LogP contribution in [0.4, 0.5) is 4.39 Å². The Kier molecular flexibility index (Phi) is 5.98. The molecule has 1 aliphatic rings. The summed E-state index contributed by atoms with van der Waals surface area (Å²) in [6, 6.07) is 10.4. The van der Waals surface area contributed by atoms with E-state index in [0.717, 1.165) is 42.9 Å². The molecule has 29 heavy (non-hydrogen) atoms. The third-order valence-electron chi connectivity index (χ3n) is 5.50.